The van der Waals surface area contributed by atoms with Crippen molar-refractivity contribution in [1.29, 1.82) is 0 Å². The minimum atomic E-state index is 0.713. The molecule has 3 heteroatoms. The number of rotatable bonds is 7. The summed E-state index contributed by atoms with van der Waals surface area (Å²) < 4.78 is 11.2. The van der Waals surface area contributed by atoms with Crippen molar-refractivity contribution in [2.45, 2.75) is 47.0 Å². The van der Waals surface area contributed by atoms with Gasteiger partial charge < -0.3 is 9.47 Å². The van der Waals surface area contributed by atoms with Crippen LogP contribution in [0.5, 0.6) is 11.5 Å². The fourth-order valence-corrected chi connectivity index (χ4v) is 2.84. The minimum Gasteiger partial charge on any atom is -0.496 e. The van der Waals surface area contributed by atoms with Gasteiger partial charge in [0.25, 0.3) is 0 Å². The van der Waals surface area contributed by atoms with E-state index in [9.17, 15) is 0 Å². The average molecular weight is 311 g/mol. The van der Waals surface area contributed by atoms with Crippen LogP contribution in [0, 0.1) is 20.8 Å². The molecular weight excluding hydrogens is 284 g/mol. The topological polar surface area (TPSA) is 18.5 Å². The van der Waals surface area contributed by atoms with Crippen LogP contribution in [-0.2, 0) is 6.42 Å². The van der Waals surface area contributed by atoms with Crippen LogP contribution in [0.3, 0.4) is 0 Å². The summed E-state index contributed by atoms with van der Waals surface area (Å²) in [5, 5.41) is 0. The molecule has 0 saturated heterocycles. The molecule has 0 amide bonds. The highest BCUT2D eigenvalue weighted by atomic mass is 35.5. The zero-order chi connectivity index (χ0) is 16.0. The van der Waals surface area contributed by atoms with Crippen molar-refractivity contribution in [3.63, 3.8) is 0 Å². The Morgan fingerprint density at radius 2 is 1.57 bits per heavy atom. The summed E-state index contributed by atoms with van der Waals surface area (Å²) in [5.74, 6) is 2.66. The highest BCUT2D eigenvalue weighted by Crippen LogP contribution is 2.38. The van der Waals surface area contributed by atoms with Crippen molar-refractivity contribution in [3.8, 4) is 11.5 Å². The van der Waals surface area contributed by atoms with Crippen LogP contribution < -0.4 is 9.47 Å². The molecule has 0 saturated carbocycles. The van der Waals surface area contributed by atoms with Gasteiger partial charge in [-0.05, 0) is 63.6 Å². The minimum absolute atomic E-state index is 0.713. The first kappa shape index (κ1) is 17.9. The molecule has 0 unspecified atom stereocenters. The molecule has 21 heavy (non-hydrogen) atoms. The molecule has 0 aromatic heterocycles. The lowest BCUT2D eigenvalue weighted by atomic mass is 9.94. The highest BCUT2D eigenvalue weighted by molar-refractivity contribution is 6.17. The van der Waals surface area contributed by atoms with E-state index in [1.54, 1.807) is 14.2 Å². The fraction of sp³-hybridized carbons (Fsp3) is 0.556. The summed E-state index contributed by atoms with van der Waals surface area (Å²) in [7, 11) is 3.47. The van der Waals surface area contributed by atoms with Gasteiger partial charge in [-0.1, -0.05) is 11.6 Å². The first-order chi connectivity index (χ1) is 9.97. The Morgan fingerprint density at radius 3 is 2.10 bits per heavy atom. The maximum absolute atomic E-state index is 5.75. The molecule has 0 aliphatic carbocycles. The Bertz CT molecular complexity index is 519. The lowest BCUT2D eigenvalue weighted by molar-refractivity contribution is 0.391. The zero-order valence-corrected chi connectivity index (χ0v) is 14.9. The predicted molar refractivity (Wildman–Crippen MR) is 91.2 cm³/mol. The smallest absolute Gasteiger partial charge is 0.126 e. The summed E-state index contributed by atoms with van der Waals surface area (Å²) in [5.41, 5.74) is 6.05. The summed E-state index contributed by atoms with van der Waals surface area (Å²) in [4.78, 5) is 0. The third-order valence-corrected chi connectivity index (χ3v) is 4.35. The molecule has 118 valence electrons. The number of methoxy groups -OCH3 is 2. The fourth-order valence-electron chi connectivity index (χ4n) is 2.71. The van der Waals surface area contributed by atoms with Gasteiger partial charge in [0.15, 0.2) is 0 Å². The van der Waals surface area contributed by atoms with Crippen molar-refractivity contribution in [2.24, 2.45) is 0 Å². The zero-order valence-electron chi connectivity index (χ0n) is 14.1. The standard InChI is InChI=1S/C18H27ClO2/c1-12(8-7-11-19)9-10-16-15(4)17(20-5)13(2)14(3)18(16)21-6/h9H,7-8,10-11H2,1-6H3/b12-9+. The highest BCUT2D eigenvalue weighted by Gasteiger charge is 2.17. The monoisotopic (exact) mass is 310 g/mol. The van der Waals surface area contributed by atoms with Crippen molar-refractivity contribution in [1.82, 2.24) is 0 Å². The van der Waals surface area contributed by atoms with Crippen LogP contribution >= 0.6 is 11.6 Å². The number of benzene rings is 1. The molecule has 1 aromatic rings. The van der Waals surface area contributed by atoms with Crippen molar-refractivity contribution in [3.05, 3.63) is 33.9 Å². The lowest BCUT2D eigenvalue weighted by Gasteiger charge is -2.20. The molecule has 0 fully saturated rings. The Hall–Kier alpha value is -1.15. The SMILES string of the molecule is COc1c(C)c(C)c(OC)c(C/C=C(\C)CCCCl)c1C. The maximum atomic E-state index is 5.75. The Labute approximate surface area is 134 Å². The summed E-state index contributed by atoms with van der Waals surface area (Å²) in [6, 6.07) is 0. The Kier molecular flexibility index (Phi) is 7.10. The van der Waals surface area contributed by atoms with Gasteiger partial charge in [0, 0.05) is 11.4 Å². The number of halogens is 1. The second-order valence-corrected chi connectivity index (χ2v) is 5.85. The van der Waals surface area contributed by atoms with Gasteiger partial charge in [-0.3, -0.25) is 0 Å². The summed E-state index contributed by atoms with van der Waals surface area (Å²) in [6.07, 6.45) is 5.20. The van der Waals surface area contributed by atoms with Crippen molar-refractivity contribution < 1.29 is 9.47 Å². The van der Waals surface area contributed by atoms with Crippen LogP contribution in [-0.4, -0.2) is 20.1 Å². The number of ether oxygens (including phenoxy) is 2. The van der Waals surface area contributed by atoms with Gasteiger partial charge in [0.1, 0.15) is 11.5 Å². The maximum Gasteiger partial charge on any atom is 0.126 e. The van der Waals surface area contributed by atoms with Gasteiger partial charge in [-0.15, -0.1) is 11.6 Å². The van der Waals surface area contributed by atoms with E-state index >= 15 is 0 Å². The molecular formula is C18H27ClO2. The molecule has 1 rings (SSSR count). The van der Waals surface area contributed by atoms with Gasteiger partial charge in [0.2, 0.25) is 0 Å². The Balaban J connectivity index is 3.19. The van der Waals surface area contributed by atoms with Crippen molar-refractivity contribution >= 4 is 11.6 Å². The van der Waals surface area contributed by atoms with E-state index in [0.717, 1.165) is 41.9 Å². The summed E-state index contributed by atoms with van der Waals surface area (Å²) >= 11 is 5.75. The molecule has 0 radical (unpaired) electrons. The number of hydrogen-bond acceptors (Lipinski definition) is 2. The van der Waals surface area contributed by atoms with Gasteiger partial charge in [-0.2, -0.15) is 0 Å². The average Bonchev–Trinajstić information content (AvgIpc) is 2.47. The molecule has 1 aromatic carbocycles. The van der Waals surface area contributed by atoms with Crippen LogP contribution in [0.25, 0.3) is 0 Å². The van der Waals surface area contributed by atoms with E-state index in [1.165, 1.54) is 16.7 Å². The molecule has 0 aliphatic rings. The molecule has 0 heterocycles. The first-order valence-electron chi connectivity index (χ1n) is 7.40. The van der Waals surface area contributed by atoms with Crippen LogP contribution in [0.15, 0.2) is 11.6 Å². The van der Waals surface area contributed by atoms with Crippen LogP contribution in [0.1, 0.15) is 42.0 Å². The molecule has 0 aliphatic heterocycles. The third kappa shape index (κ3) is 4.16. The molecule has 0 N–H and O–H groups in total. The van der Waals surface area contributed by atoms with Gasteiger partial charge in [-0.25, -0.2) is 0 Å². The van der Waals surface area contributed by atoms with E-state index in [1.807, 2.05) is 0 Å². The quantitative estimate of drug-likeness (QED) is 0.513. The van der Waals surface area contributed by atoms with Crippen LogP contribution in [0.2, 0.25) is 0 Å². The van der Waals surface area contributed by atoms with E-state index in [2.05, 4.69) is 33.8 Å². The van der Waals surface area contributed by atoms with E-state index in [4.69, 9.17) is 21.1 Å². The van der Waals surface area contributed by atoms with Gasteiger partial charge in [0.05, 0.1) is 14.2 Å². The van der Waals surface area contributed by atoms with E-state index < -0.39 is 0 Å². The molecule has 0 bridgehead atoms. The second kappa shape index (κ2) is 8.33. The lowest BCUT2D eigenvalue weighted by Crippen LogP contribution is -2.03. The largest absolute Gasteiger partial charge is 0.496 e. The predicted octanol–water partition coefficient (Wildman–Crippen LogP) is 5.14. The Morgan fingerprint density at radius 1 is 1.00 bits per heavy atom. The molecule has 2 nitrogen and oxygen atoms in total. The summed E-state index contributed by atoms with van der Waals surface area (Å²) in [6.45, 7) is 8.43. The number of allylic oxidation sites excluding steroid dienone is 2. The van der Waals surface area contributed by atoms with Gasteiger partial charge >= 0.3 is 0 Å². The van der Waals surface area contributed by atoms with Crippen LogP contribution in [0.4, 0.5) is 0 Å². The normalized spacial score (nSPS) is 11.7. The second-order valence-electron chi connectivity index (χ2n) is 5.47. The number of alkyl halides is 1. The van der Waals surface area contributed by atoms with Crippen molar-refractivity contribution in [2.75, 3.05) is 20.1 Å². The third-order valence-electron chi connectivity index (χ3n) is 4.08. The molecule has 0 atom stereocenters. The van der Waals surface area contributed by atoms with E-state index in [-0.39, 0.29) is 0 Å². The van der Waals surface area contributed by atoms with E-state index in [0.29, 0.717) is 5.88 Å². The first-order valence-corrected chi connectivity index (χ1v) is 7.93. The number of hydrogen-bond donors (Lipinski definition) is 0. The molecule has 0 spiro atoms.